The third kappa shape index (κ3) is 2.89. The Balaban J connectivity index is 2.53. The summed E-state index contributed by atoms with van der Waals surface area (Å²) in [6.07, 6.45) is 2.30. The van der Waals surface area contributed by atoms with E-state index in [0.717, 1.165) is 24.3 Å². The number of nitrogens with zero attached hydrogens (tertiary/aromatic N) is 1. The molecule has 2 rings (SSSR count). The van der Waals surface area contributed by atoms with Crippen molar-refractivity contribution in [3.8, 4) is 11.5 Å². The lowest BCUT2D eigenvalue weighted by Gasteiger charge is -2.28. The summed E-state index contributed by atoms with van der Waals surface area (Å²) >= 11 is 0. The highest BCUT2D eigenvalue weighted by molar-refractivity contribution is 5.87. The Morgan fingerprint density at radius 2 is 1.90 bits per heavy atom. The van der Waals surface area contributed by atoms with Crippen molar-refractivity contribution in [3.63, 3.8) is 0 Å². The largest absolute Gasteiger partial charge is 0.493 e. The maximum Gasteiger partial charge on any atom is 0.246 e. The van der Waals surface area contributed by atoms with Crippen LogP contribution in [0.25, 0.3) is 0 Å². The Labute approximate surface area is 126 Å². The van der Waals surface area contributed by atoms with E-state index in [9.17, 15) is 4.79 Å². The molecule has 4 heteroatoms. The van der Waals surface area contributed by atoms with E-state index >= 15 is 0 Å². The topological polar surface area (TPSA) is 38.8 Å². The van der Waals surface area contributed by atoms with Crippen LogP contribution in [0.1, 0.15) is 31.0 Å². The van der Waals surface area contributed by atoms with Crippen LogP contribution >= 0.6 is 0 Å². The molecule has 0 bridgehead atoms. The molecule has 0 saturated heterocycles. The lowest BCUT2D eigenvalue weighted by Crippen LogP contribution is -2.34. The van der Waals surface area contributed by atoms with Crippen LogP contribution in [-0.2, 0) is 11.2 Å². The van der Waals surface area contributed by atoms with E-state index in [0.29, 0.717) is 11.7 Å². The van der Waals surface area contributed by atoms with Gasteiger partial charge in [0, 0.05) is 6.54 Å². The Kier molecular flexibility index (Phi) is 4.56. The minimum Gasteiger partial charge on any atom is -0.493 e. The van der Waals surface area contributed by atoms with Gasteiger partial charge in [0.2, 0.25) is 5.91 Å². The lowest BCUT2D eigenvalue weighted by molar-refractivity contribution is -0.128. The van der Waals surface area contributed by atoms with Crippen molar-refractivity contribution in [3.05, 3.63) is 35.9 Å². The van der Waals surface area contributed by atoms with Crippen LogP contribution in [0.2, 0.25) is 0 Å². The molecular weight excluding hydrogens is 266 g/mol. The highest BCUT2D eigenvalue weighted by Gasteiger charge is 2.29. The van der Waals surface area contributed by atoms with Crippen molar-refractivity contribution in [2.24, 2.45) is 5.92 Å². The van der Waals surface area contributed by atoms with Crippen molar-refractivity contribution in [2.75, 3.05) is 20.8 Å². The van der Waals surface area contributed by atoms with Crippen molar-refractivity contribution in [1.82, 2.24) is 4.90 Å². The van der Waals surface area contributed by atoms with Crippen molar-refractivity contribution in [2.45, 2.75) is 26.3 Å². The first-order valence-electron chi connectivity index (χ1n) is 7.19. The molecule has 0 aromatic heterocycles. The van der Waals surface area contributed by atoms with Crippen LogP contribution in [0, 0.1) is 5.92 Å². The summed E-state index contributed by atoms with van der Waals surface area (Å²) in [5.74, 6) is 1.79. The van der Waals surface area contributed by atoms with Gasteiger partial charge in [0.05, 0.1) is 20.3 Å². The van der Waals surface area contributed by atoms with Crippen molar-refractivity contribution < 1.29 is 14.3 Å². The van der Waals surface area contributed by atoms with Gasteiger partial charge in [0.15, 0.2) is 11.5 Å². The van der Waals surface area contributed by atoms with Gasteiger partial charge >= 0.3 is 0 Å². The average Bonchev–Trinajstić information content (AvgIpc) is 2.61. The monoisotopic (exact) mass is 289 g/mol. The number of hydrogen-bond acceptors (Lipinski definition) is 3. The van der Waals surface area contributed by atoms with E-state index < -0.39 is 0 Å². The minimum absolute atomic E-state index is 0.00439. The zero-order valence-corrected chi connectivity index (χ0v) is 13.2. The summed E-state index contributed by atoms with van der Waals surface area (Å²) < 4.78 is 10.8. The molecule has 0 fully saturated rings. The number of hydrogen-bond donors (Lipinski definition) is 0. The molecule has 1 aliphatic rings. The van der Waals surface area contributed by atoms with E-state index in [4.69, 9.17) is 9.47 Å². The van der Waals surface area contributed by atoms with Gasteiger partial charge in [-0.2, -0.15) is 0 Å². The normalized spacial score (nSPS) is 21.2. The molecule has 1 amide bonds. The molecule has 0 radical (unpaired) electrons. The van der Waals surface area contributed by atoms with Gasteiger partial charge in [0.25, 0.3) is 0 Å². The fourth-order valence-electron chi connectivity index (χ4n) is 3.00. The second-order valence-electron chi connectivity index (χ2n) is 5.59. The van der Waals surface area contributed by atoms with Gasteiger partial charge in [-0.3, -0.25) is 4.79 Å². The maximum atomic E-state index is 12.1. The number of benzene rings is 1. The van der Waals surface area contributed by atoms with Gasteiger partial charge in [-0.05, 0) is 48.6 Å². The molecule has 1 aromatic rings. The van der Waals surface area contributed by atoms with Crippen LogP contribution in [0.15, 0.2) is 24.8 Å². The van der Waals surface area contributed by atoms with E-state index in [2.05, 4.69) is 13.5 Å². The summed E-state index contributed by atoms with van der Waals surface area (Å²) in [7, 11) is 3.27. The first kappa shape index (κ1) is 15.4. The van der Waals surface area contributed by atoms with Crippen LogP contribution in [-0.4, -0.2) is 31.6 Å². The number of ether oxygens (including phenoxy) is 2. The maximum absolute atomic E-state index is 12.1. The van der Waals surface area contributed by atoms with Gasteiger partial charge in [0.1, 0.15) is 0 Å². The SMILES string of the molecule is C=CC(=O)N1CC(C)Cc2cc(OC)c(OC)cc2C1C. The molecule has 21 heavy (non-hydrogen) atoms. The Bertz CT molecular complexity index is 553. The summed E-state index contributed by atoms with van der Waals surface area (Å²) in [5.41, 5.74) is 2.33. The fourth-order valence-corrected chi connectivity index (χ4v) is 3.00. The van der Waals surface area contributed by atoms with Gasteiger partial charge in [-0.15, -0.1) is 0 Å². The van der Waals surface area contributed by atoms with Crippen LogP contribution < -0.4 is 9.47 Å². The summed E-state index contributed by atoms with van der Waals surface area (Å²) in [6, 6.07) is 4.01. The van der Waals surface area contributed by atoms with Gasteiger partial charge in [-0.25, -0.2) is 0 Å². The molecular formula is C17H23NO3. The number of amides is 1. The number of rotatable bonds is 3. The van der Waals surface area contributed by atoms with E-state index in [-0.39, 0.29) is 11.9 Å². The summed E-state index contributed by atoms with van der Waals surface area (Å²) in [6.45, 7) is 8.54. The molecule has 1 heterocycles. The quantitative estimate of drug-likeness (QED) is 0.803. The van der Waals surface area contributed by atoms with E-state index in [1.807, 2.05) is 24.0 Å². The molecule has 2 unspecified atom stereocenters. The predicted octanol–water partition coefficient (Wildman–Crippen LogP) is 2.97. The first-order chi connectivity index (χ1) is 10.0. The Hall–Kier alpha value is -1.97. The number of methoxy groups -OCH3 is 2. The highest BCUT2D eigenvalue weighted by atomic mass is 16.5. The molecule has 0 saturated carbocycles. The molecule has 1 aliphatic heterocycles. The van der Waals surface area contributed by atoms with Gasteiger partial charge < -0.3 is 14.4 Å². The third-order valence-electron chi connectivity index (χ3n) is 4.10. The van der Waals surface area contributed by atoms with Crippen LogP contribution in [0.4, 0.5) is 0 Å². The second-order valence-corrected chi connectivity index (χ2v) is 5.59. The van der Waals surface area contributed by atoms with E-state index in [1.165, 1.54) is 11.6 Å². The zero-order chi connectivity index (χ0) is 15.6. The standard InChI is InChI=1S/C17H23NO3/c1-6-17(19)18-10-11(2)7-13-8-15(20-4)16(21-5)9-14(13)12(18)3/h6,8-9,11-12H,1,7,10H2,2-5H3. The molecule has 2 atom stereocenters. The van der Waals surface area contributed by atoms with E-state index in [1.54, 1.807) is 14.2 Å². The summed E-state index contributed by atoms with van der Waals surface area (Å²) in [4.78, 5) is 14.0. The minimum atomic E-state index is -0.0306. The number of fused-ring (bicyclic) bond motifs is 1. The Morgan fingerprint density at radius 1 is 1.29 bits per heavy atom. The Morgan fingerprint density at radius 3 is 2.48 bits per heavy atom. The number of carbonyl (C=O) groups excluding carboxylic acids is 1. The molecule has 1 aromatic carbocycles. The third-order valence-corrected chi connectivity index (χ3v) is 4.10. The van der Waals surface area contributed by atoms with Crippen molar-refractivity contribution in [1.29, 1.82) is 0 Å². The lowest BCUT2D eigenvalue weighted by atomic mass is 9.95. The zero-order valence-electron chi connectivity index (χ0n) is 13.2. The smallest absolute Gasteiger partial charge is 0.246 e. The molecule has 0 aliphatic carbocycles. The van der Waals surface area contributed by atoms with Crippen LogP contribution in [0.3, 0.4) is 0 Å². The van der Waals surface area contributed by atoms with Crippen LogP contribution in [0.5, 0.6) is 11.5 Å². The first-order valence-corrected chi connectivity index (χ1v) is 7.19. The van der Waals surface area contributed by atoms with Crippen molar-refractivity contribution >= 4 is 5.91 Å². The molecule has 0 spiro atoms. The molecule has 0 N–H and O–H groups in total. The fraction of sp³-hybridized carbons (Fsp3) is 0.471. The highest BCUT2D eigenvalue weighted by Crippen LogP contribution is 2.38. The predicted molar refractivity (Wildman–Crippen MR) is 82.7 cm³/mol. The molecule has 4 nitrogen and oxygen atoms in total. The average molecular weight is 289 g/mol. The second kappa shape index (κ2) is 6.20. The molecule has 114 valence electrons. The van der Waals surface area contributed by atoms with Gasteiger partial charge in [-0.1, -0.05) is 13.5 Å². The number of carbonyl (C=O) groups is 1. The summed E-state index contributed by atoms with van der Waals surface area (Å²) in [5, 5.41) is 0.